The van der Waals surface area contributed by atoms with Crippen molar-refractivity contribution < 1.29 is 9.59 Å². The minimum atomic E-state index is 0.211. The van der Waals surface area contributed by atoms with Gasteiger partial charge in [0.15, 0.2) is 0 Å². The Morgan fingerprint density at radius 3 is 2.06 bits per heavy atom. The third-order valence-electron chi connectivity index (χ3n) is 3.98. The standard InChI is InChI=1S/C14H24N2O2/c17-13-6-10-16(11-7-13)14(18)12-15-8-4-2-1-3-5-9-15/h1-12H2. The highest BCUT2D eigenvalue weighted by Gasteiger charge is 2.22. The largest absolute Gasteiger partial charge is 0.341 e. The van der Waals surface area contributed by atoms with E-state index in [4.69, 9.17) is 0 Å². The van der Waals surface area contributed by atoms with E-state index in [0.717, 1.165) is 13.1 Å². The highest BCUT2D eigenvalue weighted by Crippen LogP contribution is 2.11. The van der Waals surface area contributed by atoms with Crippen LogP contribution >= 0.6 is 0 Å². The fourth-order valence-corrected chi connectivity index (χ4v) is 2.77. The maximum Gasteiger partial charge on any atom is 0.236 e. The quantitative estimate of drug-likeness (QED) is 0.747. The lowest BCUT2D eigenvalue weighted by Gasteiger charge is -2.30. The predicted molar refractivity (Wildman–Crippen MR) is 70.3 cm³/mol. The summed E-state index contributed by atoms with van der Waals surface area (Å²) in [6, 6.07) is 0. The topological polar surface area (TPSA) is 40.6 Å². The number of amides is 1. The zero-order valence-electron chi connectivity index (χ0n) is 11.2. The van der Waals surface area contributed by atoms with Crippen LogP contribution < -0.4 is 0 Å². The van der Waals surface area contributed by atoms with Crippen LogP contribution in [0.5, 0.6) is 0 Å². The first-order valence-corrected chi connectivity index (χ1v) is 7.27. The molecule has 2 fully saturated rings. The summed E-state index contributed by atoms with van der Waals surface area (Å²) in [5.41, 5.74) is 0. The first kappa shape index (κ1) is 13.5. The zero-order chi connectivity index (χ0) is 12.8. The SMILES string of the molecule is O=C1CCN(C(=O)CN2CCCCCCC2)CC1. The number of hydrogen-bond donors (Lipinski definition) is 0. The number of ketones is 1. The van der Waals surface area contributed by atoms with E-state index in [9.17, 15) is 9.59 Å². The maximum absolute atomic E-state index is 12.1. The Morgan fingerprint density at radius 1 is 0.889 bits per heavy atom. The van der Waals surface area contributed by atoms with E-state index in [-0.39, 0.29) is 5.91 Å². The molecule has 0 aromatic heterocycles. The summed E-state index contributed by atoms with van der Waals surface area (Å²) in [6.07, 6.45) is 7.46. The normalized spacial score (nSPS) is 23.6. The van der Waals surface area contributed by atoms with Crippen molar-refractivity contribution in [1.82, 2.24) is 9.80 Å². The van der Waals surface area contributed by atoms with Crippen LogP contribution in [0.2, 0.25) is 0 Å². The van der Waals surface area contributed by atoms with Gasteiger partial charge in [-0.15, -0.1) is 0 Å². The summed E-state index contributed by atoms with van der Waals surface area (Å²) in [5.74, 6) is 0.508. The van der Waals surface area contributed by atoms with Gasteiger partial charge in [0.2, 0.25) is 5.91 Å². The third kappa shape index (κ3) is 4.09. The molecule has 2 rings (SSSR count). The monoisotopic (exact) mass is 252 g/mol. The first-order valence-electron chi connectivity index (χ1n) is 7.27. The van der Waals surface area contributed by atoms with E-state index in [1.165, 1.54) is 32.1 Å². The molecule has 0 N–H and O–H groups in total. The van der Waals surface area contributed by atoms with Crippen LogP contribution in [0.1, 0.15) is 44.9 Å². The Labute approximate surface area is 109 Å². The summed E-state index contributed by atoms with van der Waals surface area (Å²) >= 11 is 0. The summed E-state index contributed by atoms with van der Waals surface area (Å²) < 4.78 is 0. The molecule has 1 amide bonds. The fraction of sp³-hybridized carbons (Fsp3) is 0.857. The van der Waals surface area contributed by atoms with Crippen molar-refractivity contribution >= 4 is 11.7 Å². The second-order valence-electron chi connectivity index (χ2n) is 5.46. The van der Waals surface area contributed by atoms with Gasteiger partial charge in [-0.2, -0.15) is 0 Å². The molecule has 2 saturated heterocycles. The molecule has 0 unspecified atom stereocenters. The van der Waals surface area contributed by atoms with E-state index in [1.807, 2.05) is 4.90 Å². The van der Waals surface area contributed by atoms with E-state index in [0.29, 0.717) is 38.3 Å². The number of carbonyl (C=O) groups is 2. The molecule has 0 aromatic carbocycles. The molecule has 0 bridgehead atoms. The number of piperidine rings is 1. The number of Topliss-reactive ketones (excluding diaryl/α,β-unsaturated/α-hetero) is 1. The van der Waals surface area contributed by atoms with Crippen LogP contribution in [0.25, 0.3) is 0 Å². The molecule has 2 aliphatic heterocycles. The molecule has 0 aromatic rings. The molecule has 4 heteroatoms. The van der Waals surface area contributed by atoms with Gasteiger partial charge in [0, 0.05) is 25.9 Å². The number of rotatable bonds is 2. The molecule has 18 heavy (non-hydrogen) atoms. The van der Waals surface area contributed by atoms with Crippen molar-refractivity contribution in [3.05, 3.63) is 0 Å². The Balaban J connectivity index is 1.76. The molecular weight excluding hydrogens is 228 g/mol. The van der Waals surface area contributed by atoms with Crippen LogP contribution in [0.3, 0.4) is 0 Å². The van der Waals surface area contributed by atoms with E-state index in [1.54, 1.807) is 0 Å². The molecule has 4 nitrogen and oxygen atoms in total. The fourth-order valence-electron chi connectivity index (χ4n) is 2.77. The van der Waals surface area contributed by atoms with E-state index >= 15 is 0 Å². The zero-order valence-corrected chi connectivity index (χ0v) is 11.2. The van der Waals surface area contributed by atoms with Crippen molar-refractivity contribution in [3.8, 4) is 0 Å². The third-order valence-corrected chi connectivity index (χ3v) is 3.98. The predicted octanol–water partition coefficient (Wildman–Crippen LogP) is 1.44. The van der Waals surface area contributed by atoms with Crippen LogP contribution in [0.4, 0.5) is 0 Å². The van der Waals surface area contributed by atoms with Crippen molar-refractivity contribution in [2.24, 2.45) is 0 Å². The number of likely N-dealkylation sites (tertiary alicyclic amines) is 2. The Kier molecular flexibility index (Phi) is 5.17. The smallest absolute Gasteiger partial charge is 0.236 e. The molecule has 2 aliphatic rings. The van der Waals surface area contributed by atoms with Crippen molar-refractivity contribution in [2.75, 3.05) is 32.7 Å². The van der Waals surface area contributed by atoms with Gasteiger partial charge in [0.25, 0.3) is 0 Å². The average molecular weight is 252 g/mol. The molecule has 0 aliphatic carbocycles. The maximum atomic E-state index is 12.1. The number of hydrogen-bond acceptors (Lipinski definition) is 3. The lowest BCUT2D eigenvalue weighted by molar-refractivity contribution is -0.135. The van der Waals surface area contributed by atoms with Gasteiger partial charge >= 0.3 is 0 Å². The number of carbonyl (C=O) groups excluding carboxylic acids is 2. The lowest BCUT2D eigenvalue weighted by atomic mass is 10.1. The Hall–Kier alpha value is -0.900. The van der Waals surface area contributed by atoms with E-state index in [2.05, 4.69) is 4.90 Å². The minimum absolute atomic E-state index is 0.211. The van der Waals surface area contributed by atoms with E-state index < -0.39 is 0 Å². The molecule has 0 spiro atoms. The molecule has 2 heterocycles. The van der Waals surface area contributed by atoms with Crippen molar-refractivity contribution in [2.45, 2.75) is 44.9 Å². The van der Waals surface area contributed by atoms with Gasteiger partial charge in [-0.1, -0.05) is 19.3 Å². The summed E-state index contributed by atoms with van der Waals surface area (Å²) in [4.78, 5) is 27.5. The summed E-state index contributed by atoms with van der Waals surface area (Å²) in [7, 11) is 0. The Morgan fingerprint density at radius 2 is 1.44 bits per heavy atom. The van der Waals surface area contributed by atoms with Gasteiger partial charge < -0.3 is 4.90 Å². The van der Waals surface area contributed by atoms with Crippen LogP contribution in [-0.4, -0.2) is 54.2 Å². The molecular formula is C14H24N2O2. The summed E-state index contributed by atoms with van der Waals surface area (Å²) in [5, 5.41) is 0. The van der Waals surface area contributed by atoms with Crippen LogP contribution in [0, 0.1) is 0 Å². The van der Waals surface area contributed by atoms with Gasteiger partial charge in [0.05, 0.1) is 6.54 Å². The van der Waals surface area contributed by atoms with Crippen molar-refractivity contribution in [1.29, 1.82) is 0 Å². The van der Waals surface area contributed by atoms with Crippen LogP contribution in [-0.2, 0) is 9.59 Å². The molecule has 0 radical (unpaired) electrons. The Bertz CT molecular complexity index is 286. The van der Waals surface area contributed by atoms with Gasteiger partial charge in [-0.05, 0) is 25.9 Å². The van der Waals surface area contributed by atoms with Gasteiger partial charge in [-0.3, -0.25) is 14.5 Å². The molecule has 0 saturated carbocycles. The minimum Gasteiger partial charge on any atom is -0.341 e. The average Bonchev–Trinajstić information content (AvgIpc) is 2.33. The second-order valence-corrected chi connectivity index (χ2v) is 5.46. The van der Waals surface area contributed by atoms with Gasteiger partial charge in [-0.25, -0.2) is 0 Å². The van der Waals surface area contributed by atoms with Crippen LogP contribution in [0.15, 0.2) is 0 Å². The highest BCUT2D eigenvalue weighted by molar-refractivity contribution is 5.84. The molecule has 102 valence electrons. The highest BCUT2D eigenvalue weighted by atomic mass is 16.2. The van der Waals surface area contributed by atoms with Gasteiger partial charge in [0.1, 0.15) is 5.78 Å². The second kappa shape index (κ2) is 6.88. The lowest BCUT2D eigenvalue weighted by Crippen LogP contribution is -2.44. The van der Waals surface area contributed by atoms with Crippen molar-refractivity contribution in [3.63, 3.8) is 0 Å². The summed E-state index contributed by atoms with van der Waals surface area (Å²) in [6.45, 7) is 3.92. The first-order chi connectivity index (χ1) is 8.75. The number of nitrogens with zero attached hydrogens (tertiary/aromatic N) is 2. The molecule has 0 atom stereocenters.